The number of rotatable bonds is 6. The fourth-order valence-electron chi connectivity index (χ4n) is 2.76. The normalized spacial score (nSPS) is 16.6. The minimum atomic E-state index is -3.52. The lowest BCUT2D eigenvalue weighted by molar-refractivity contribution is 0.102. The fourth-order valence-corrected chi connectivity index (χ4v) is 5.06. The van der Waals surface area contributed by atoms with Crippen molar-refractivity contribution in [3.05, 3.63) is 34.8 Å². The molecule has 2 heterocycles. The number of ether oxygens (including phenoxy) is 2. The summed E-state index contributed by atoms with van der Waals surface area (Å²) in [5, 5.41) is 3.13. The summed E-state index contributed by atoms with van der Waals surface area (Å²) in [7, 11) is -2.09. The minimum absolute atomic E-state index is 0. The first-order chi connectivity index (χ1) is 12.4. The molecule has 0 unspecified atom stereocenters. The molecule has 3 rings (SSSR count). The largest absolute Gasteiger partial charge is 0.496 e. The van der Waals surface area contributed by atoms with E-state index < -0.39 is 15.7 Å². The smallest absolute Gasteiger partial charge is 0.261 e. The Kier molecular flexibility index (Phi) is 7.26. The van der Waals surface area contributed by atoms with Crippen molar-refractivity contribution in [3.63, 3.8) is 0 Å². The van der Waals surface area contributed by atoms with Gasteiger partial charge in [-0.25, -0.2) is 13.4 Å². The third-order valence-corrected chi connectivity index (χ3v) is 6.81. The molecule has 0 saturated carbocycles. The first-order valence-electron chi connectivity index (χ1n) is 8.11. The number of carbonyl (C=O) groups is 1. The van der Waals surface area contributed by atoms with E-state index in [4.69, 9.17) is 9.47 Å². The number of benzene rings is 1. The van der Waals surface area contributed by atoms with Crippen LogP contribution < -0.4 is 10.1 Å². The van der Waals surface area contributed by atoms with Gasteiger partial charge in [-0.2, -0.15) is 13.5 Å². The summed E-state index contributed by atoms with van der Waals surface area (Å²) >= 11 is 1.34. The molecule has 7 nitrogen and oxygen atoms in total. The lowest BCUT2D eigenvalue weighted by atomic mass is 10.2. The van der Waals surface area contributed by atoms with Crippen LogP contribution in [0.25, 0.3) is 0 Å². The Hall–Kier alpha value is -1.62. The van der Waals surface area contributed by atoms with E-state index in [0.29, 0.717) is 24.1 Å². The van der Waals surface area contributed by atoms with E-state index in [1.807, 2.05) is 6.92 Å². The van der Waals surface area contributed by atoms with E-state index >= 15 is 0 Å². The molecule has 1 amide bonds. The molecule has 148 valence electrons. The van der Waals surface area contributed by atoms with Crippen molar-refractivity contribution in [1.29, 1.82) is 0 Å². The molecule has 1 N–H and O–H groups in total. The monoisotopic (exact) mass is 430 g/mol. The van der Waals surface area contributed by atoms with E-state index in [-0.39, 0.29) is 35.6 Å². The van der Waals surface area contributed by atoms with Crippen LogP contribution in [0.4, 0.5) is 5.13 Å². The van der Waals surface area contributed by atoms with Crippen LogP contribution >= 0.6 is 24.8 Å². The summed E-state index contributed by atoms with van der Waals surface area (Å²) in [6, 6.07) is 4.33. The first kappa shape index (κ1) is 21.7. The zero-order chi connectivity index (χ0) is 18.7. The number of methoxy groups -OCH3 is 1. The molecule has 0 aliphatic carbocycles. The maximum Gasteiger partial charge on any atom is 0.261 e. The van der Waals surface area contributed by atoms with Crippen molar-refractivity contribution in [2.24, 2.45) is 5.92 Å². The number of anilines is 1. The zero-order valence-electron chi connectivity index (χ0n) is 15.0. The SMILES string of the molecule is COc1ccc(S(=O)(=O)C[C@H]2CCOC2)cc1C(=O)Nc1ncc(C)s1.S. The molecule has 1 aromatic carbocycles. The summed E-state index contributed by atoms with van der Waals surface area (Å²) in [5.74, 6) is -0.166. The molecule has 0 spiro atoms. The summed E-state index contributed by atoms with van der Waals surface area (Å²) in [5.41, 5.74) is 0.157. The Bertz CT molecular complexity index is 905. The molecular formula is C17H22N2O5S3. The van der Waals surface area contributed by atoms with E-state index in [1.54, 1.807) is 6.20 Å². The number of amides is 1. The van der Waals surface area contributed by atoms with E-state index in [2.05, 4.69) is 10.3 Å². The zero-order valence-corrected chi connectivity index (χ0v) is 17.7. The summed E-state index contributed by atoms with van der Waals surface area (Å²) in [6.07, 6.45) is 2.38. The van der Waals surface area contributed by atoms with Crippen molar-refractivity contribution in [2.75, 3.05) is 31.4 Å². The fraction of sp³-hybridized carbons (Fsp3) is 0.412. The van der Waals surface area contributed by atoms with Gasteiger partial charge < -0.3 is 9.47 Å². The Morgan fingerprint density at radius 3 is 2.81 bits per heavy atom. The minimum Gasteiger partial charge on any atom is -0.496 e. The number of thiazole rings is 1. The van der Waals surface area contributed by atoms with Gasteiger partial charge in [-0.3, -0.25) is 10.1 Å². The molecule has 0 radical (unpaired) electrons. The van der Waals surface area contributed by atoms with E-state index in [9.17, 15) is 13.2 Å². The van der Waals surface area contributed by atoms with Crippen molar-refractivity contribution in [1.82, 2.24) is 4.98 Å². The average molecular weight is 431 g/mol. The number of aryl methyl sites for hydroxylation is 1. The van der Waals surface area contributed by atoms with Crippen LogP contribution in [0.3, 0.4) is 0 Å². The molecule has 1 aromatic heterocycles. The second-order valence-electron chi connectivity index (χ2n) is 6.10. The maximum atomic E-state index is 12.7. The van der Waals surface area contributed by atoms with Crippen LogP contribution in [0.5, 0.6) is 5.75 Å². The van der Waals surface area contributed by atoms with Gasteiger partial charge in [0.1, 0.15) is 5.75 Å². The maximum absolute atomic E-state index is 12.7. The quantitative estimate of drug-likeness (QED) is 0.757. The van der Waals surface area contributed by atoms with Crippen LogP contribution in [0.1, 0.15) is 21.7 Å². The predicted molar refractivity (Wildman–Crippen MR) is 109 cm³/mol. The standard InChI is InChI=1S/C17H20N2O5S2.H2S/c1-11-8-18-17(25-11)19-16(20)14-7-13(3-4-15(14)23-2)26(21,22)10-12-5-6-24-9-12;/h3-4,7-8,12H,5-6,9-10H2,1-2H3,(H,18,19,20);1H2/t12-;/m0./s1. The number of carbonyl (C=O) groups excluding carboxylic acids is 1. The Balaban J connectivity index is 0.00000261. The average Bonchev–Trinajstić information content (AvgIpc) is 3.25. The topological polar surface area (TPSA) is 94.6 Å². The predicted octanol–water partition coefficient (Wildman–Crippen LogP) is 2.64. The van der Waals surface area contributed by atoms with Gasteiger partial charge in [0.25, 0.3) is 5.91 Å². The number of hydrogen-bond acceptors (Lipinski definition) is 7. The molecular weight excluding hydrogens is 408 g/mol. The molecule has 1 saturated heterocycles. The Morgan fingerprint density at radius 2 is 2.22 bits per heavy atom. The molecule has 1 aliphatic heterocycles. The van der Waals surface area contributed by atoms with Gasteiger partial charge in [0.2, 0.25) is 0 Å². The van der Waals surface area contributed by atoms with Crippen LogP contribution in [0.2, 0.25) is 0 Å². The molecule has 0 bridgehead atoms. The highest BCUT2D eigenvalue weighted by Gasteiger charge is 2.26. The van der Waals surface area contributed by atoms with Crippen molar-refractivity contribution >= 4 is 45.7 Å². The molecule has 2 aromatic rings. The number of nitrogens with zero attached hydrogens (tertiary/aromatic N) is 1. The van der Waals surface area contributed by atoms with Gasteiger partial charge in [-0.1, -0.05) is 0 Å². The summed E-state index contributed by atoms with van der Waals surface area (Å²) < 4.78 is 35.8. The van der Waals surface area contributed by atoms with Gasteiger partial charge in [0, 0.05) is 17.7 Å². The summed E-state index contributed by atoms with van der Waals surface area (Å²) in [6.45, 7) is 2.92. The molecule has 1 atom stereocenters. The van der Waals surface area contributed by atoms with E-state index in [1.165, 1.54) is 36.6 Å². The molecule has 10 heteroatoms. The van der Waals surface area contributed by atoms with Crippen LogP contribution in [-0.4, -0.2) is 45.4 Å². The molecule has 1 aliphatic rings. The first-order valence-corrected chi connectivity index (χ1v) is 10.6. The van der Waals surface area contributed by atoms with Gasteiger partial charge in [0.15, 0.2) is 15.0 Å². The summed E-state index contributed by atoms with van der Waals surface area (Å²) in [4.78, 5) is 17.7. The van der Waals surface area contributed by atoms with Crippen LogP contribution in [-0.2, 0) is 14.6 Å². The van der Waals surface area contributed by atoms with Gasteiger partial charge in [-0.05, 0) is 37.5 Å². The number of nitrogens with one attached hydrogen (secondary N) is 1. The van der Waals surface area contributed by atoms with Crippen molar-refractivity contribution in [3.8, 4) is 5.75 Å². The van der Waals surface area contributed by atoms with Gasteiger partial charge in [-0.15, -0.1) is 11.3 Å². The van der Waals surface area contributed by atoms with E-state index in [0.717, 1.165) is 11.3 Å². The van der Waals surface area contributed by atoms with Crippen LogP contribution in [0, 0.1) is 12.8 Å². The number of hydrogen-bond donors (Lipinski definition) is 1. The third kappa shape index (κ3) is 5.22. The van der Waals surface area contributed by atoms with Gasteiger partial charge in [0.05, 0.1) is 29.9 Å². The molecule has 27 heavy (non-hydrogen) atoms. The third-order valence-electron chi connectivity index (χ3n) is 4.10. The van der Waals surface area contributed by atoms with Gasteiger partial charge >= 0.3 is 0 Å². The lowest BCUT2D eigenvalue weighted by Gasteiger charge is -2.12. The van der Waals surface area contributed by atoms with Crippen molar-refractivity contribution < 1.29 is 22.7 Å². The highest BCUT2D eigenvalue weighted by atomic mass is 32.2. The number of aromatic nitrogens is 1. The Morgan fingerprint density at radius 1 is 1.44 bits per heavy atom. The number of sulfone groups is 1. The lowest BCUT2D eigenvalue weighted by Crippen LogP contribution is -2.18. The highest BCUT2D eigenvalue weighted by molar-refractivity contribution is 7.91. The second kappa shape index (κ2) is 9.05. The molecule has 1 fully saturated rings. The highest BCUT2D eigenvalue weighted by Crippen LogP contribution is 2.27. The second-order valence-corrected chi connectivity index (χ2v) is 9.37. The van der Waals surface area contributed by atoms with Crippen molar-refractivity contribution in [2.45, 2.75) is 18.2 Å². The van der Waals surface area contributed by atoms with Crippen LogP contribution in [0.15, 0.2) is 29.3 Å². The Labute approximate surface area is 169 Å².